The fourth-order valence-corrected chi connectivity index (χ4v) is 2.81. The van der Waals surface area contributed by atoms with Crippen LogP contribution in [0.3, 0.4) is 0 Å². The lowest BCUT2D eigenvalue weighted by Gasteiger charge is -2.38. The molecule has 3 nitrogen and oxygen atoms in total. The Hall–Kier alpha value is -0.570. The topological polar surface area (TPSA) is 46.3 Å². The summed E-state index contributed by atoms with van der Waals surface area (Å²) in [6.07, 6.45) is 8.63. The number of nitrogens with zero attached hydrogens (tertiary/aromatic N) is 1. The molecule has 0 bridgehead atoms. The Morgan fingerprint density at radius 1 is 1.22 bits per heavy atom. The van der Waals surface area contributed by atoms with Crippen molar-refractivity contribution in [3.63, 3.8) is 0 Å². The lowest BCUT2D eigenvalue weighted by molar-refractivity contribution is -0.140. The lowest BCUT2D eigenvalue weighted by atomic mass is 9.81. The van der Waals surface area contributed by atoms with Gasteiger partial charge in [-0.25, -0.2) is 0 Å². The summed E-state index contributed by atoms with van der Waals surface area (Å²) < 4.78 is 0. The number of carbonyl (C=O) groups is 1. The van der Waals surface area contributed by atoms with E-state index in [4.69, 9.17) is 5.73 Å². The van der Waals surface area contributed by atoms with E-state index in [0.717, 1.165) is 38.6 Å². The average molecular weight is 254 g/mol. The Balaban J connectivity index is 2.63. The van der Waals surface area contributed by atoms with Crippen molar-refractivity contribution in [3.8, 4) is 0 Å². The van der Waals surface area contributed by atoms with Crippen LogP contribution in [-0.4, -0.2) is 28.9 Å². The van der Waals surface area contributed by atoms with Crippen molar-refractivity contribution in [2.24, 2.45) is 5.73 Å². The zero-order chi connectivity index (χ0) is 13.6. The molecule has 1 saturated carbocycles. The second kappa shape index (κ2) is 7.13. The predicted molar refractivity (Wildman–Crippen MR) is 76.4 cm³/mol. The smallest absolute Gasteiger partial charge is 0.242 e. The standard InChI is InChI=1S/C15H30N2O/c1-4-5-9-12-17(13(2)3)14(18)15(16)10-7-6-8-11-15/h13H,4-12,16H2,1-3H3. The molecule has 0 unspecified atom stereocenters. The first-order valence-electron chi connectivity index (χ1n) is 7.61. The molecule has 0 aromatic carbocycles. The van der Waals surface area contributed by atoms with Crippen molar-refractivity contribution < 1.29 is 4.79 Å². The van der Waals surface area contributed by atoms with Crippen molar-refractivity contribution in [3.05, 3.63) is 0 Å². The van der Waals surface area contributed by atoms with Gasteiger partial charge in [-0.05, 0) is 33.1 Å². The second-order valence-corrected chi connectivity index (χ2v) is 6.02. The molecule has 1 aliphatic rings. The SMILES string of the molecule is CCCCCN(C(=O)C1(N)CCCCC1)C(C)C. The van der Waals surface area contributed by atoms with E-state index in [1.165, 1.54) is 19.3 Å². The molecule has 0 saturated heterocycles. The molecule has 1 rings (SSSR count). The van der Waals surface area contributed by atoms with Crippen molar-refractivity contribution in [1.82, 2.24) is 4.90 Å². The van der Waals surface area contributed by atoms with Gasteiger partial charge >= 0.3 is 0 Å². The van der Waals surface area contributed by atoms with E-state index < -0.39 is 5.54 Å². The van der Waals surface area contributed by atoms with Crippen LogP contribution in [0, 0.1) is 0 Å². The van der Waals surface area contributed by atoms with Gasteiger partial charge in [-0.2, -0.15) is 0 Å². The van der Waals surface area contributed by atoms with E-state index in [-0.39, 0.29) is 11.9 Å². The van der Waals surface area contributed by atoms with Gasteiger partial charge in [0, 0.05) is 12.6 Å². The highest BCUT2D eigenvalue weighted by Crippen LogP contribution is 2.28. The molecule has 1 fully saturated rings. The summed E-state index contributed by atoms with van der Waals surface area (Å²) in [4.78, 5) is 14.7. The summed E-state index contributed by atoms with van der Waals surface area (Å²) in [5, 5.41) is 0. The maximum atomic E-state index is 12.7. The van der Waals surface area contributed by atoms with E-state index in [1.54, 1.807) is 0 Å². The van der Waals surface area contributed by atoms with Crippen LogP contribution in [0.5, 0.6) is 0 Å². The number of hydrogen-bond acceptors (Lipinski definition) is 2. The quantitative estimate of drug-likeness (QED) is 0.740. The normalized spacial score (nSPS) is 18.9. The van der Waals surface area contributed by atoms with Crippen LogP contribution in [0.4, 0.5) is 0 Å². The molecule has 0 spiro atoms. The fraction of sp³-hybridized carbons (Fsp3) is 0.933. The molecule has 1 aliphatic carbocycles. The van der Waals surface area contributed by atoms with Gasteiger partial charge in [0.05, 0.1) is 5.54 Å². The van der Waals surface area contributed by atoms with Crippen LogP contribution >= 0.6 is 0 Å². The van der Waals surface area contributed by atoms with Gasteiger partial charge in [-0.15, -0.1) is 0 Å². The number of unbranched alkanes of at least 4 members (excludes halogenated alkanes) is 2. The number of amides is 1. The van der Waals surface area contributed by atoms with E-state index in [2.05, 4.69) is 20.8 Å². The Morgan fingerprint density at radius 3 is 2.33 bits per heavy atom. The Bertz CT molecular complexity index is 257. The van der Waals surface area contributed by atoms with Gasteiger partial charge in [0.25, 0.3) is 0 Å². The zero-order valence-electron chi connectivity index (χ0n) is 12.4. The summed E-state index contributed by atoms with van der Waals surface area (Å²) in [5.74, 6) is 0.188. The maximum Gasteiger partial charge on any atom is 0.242 e. The molecule has 0 aromatic heterocycles. The molecule has 2 N–H and O–H groups in total. The van der Waals surface area contributed by atoms with E-state index in [1.807, 2.05) is 4.90 Å². The van der Waals surface area contributed by atoms with Crippen molar-refractivity contribution in [2.45, 2.75) is 83.7 Å². The molecule has 0 atom stereocenters. The summed E-state index contributed by atoms with van der Waals surface area (Å²) in [5.41, 5.74) is 5.78. The number of rotatable bonds is 6. The van der Waals surface area contributed by atoms with E-state index in [9.17, 15) is 4.79 Å². The summed E-state index contributed by atoms with van der Waals surface area (Å²) in [7, 11) is 0. The largest absolute Gasteiger partial charge is 0.339 e. The highest BCUT2D eigenvalue weighted by molar-refractivity contribution is 5.86. The first-order valence-corrected chi connectivity index (χ1v) is 7.61. The van der Waals surface area contributed by atoms with Gasteiger partial charge in [-0.1, -0.05) is 39.0 Å². The van der Waals surface area contributed by atoms with Crippen molar-refractivity contribution in [2.75, 3.05) is 6.54 Å². The third kappa shape index (κ3) is 3.98. The van der Waals surface area contributed by atoms with Crippen LogP contribution in [-0.2, 0) is 4.79 Å². The number of nitrogens with two attached hydrogens (primary N) is 1. The third-order valence-electron chi connectivity index (χ3n) is 4.06. The minimum Gasteiger partial charge on any atom is -0.339 e. The fourth-order valence-electron chi connectivity index (χ4n) is 2.81. The maximum absolute atomic E-state index is 12.7. The van der Waals surface area contributed by atoms with Gasteiger partial charge in [0.15, 0.2) is 0 Å². The lowest BCUT2D eigenvalue weighted by Crippen LogP contribution is -2.58. The first kappa shape index (κ1) is 15.5. The summed E-state index contributed by atoms with van der Waals surface area (Å²) in [6.45, 7) is 7.24. The molecular formula is C15H30N2O. The number of hydrogen-bond donors (Lipinski definition) is 1. The second-order valence-electron chi connectivity index (χ2n) is 6.02. The third-order valence-corrected chi connectivity index (χ3v) is 4.06. The van der Waals surface area contributed by atoms with E-state index in [0.29, 0.717) is 0 Å². The number of carbonyl (C=O) groups excluding carboxylic acids is 1. The Morgan fingerprint density at radius 2 is 1.83 bits per heavy atom. The molecule has 0 radical (unpaired) electrons. The molecule has 3 heteroatoms. The molecule has 106 valence electrons. The van der Waals surface area contributed by atoms with Crippen LogP contribution in [0.1, 0.15) is 72.1 Å². The summed E-state index contributed by atoms with van der Waals surface area (Å²) >= 11 is 0. The highest BCUT2D eigenvalue weighted by atomic mass is 16.2. The van der Waals surface area contributed by atoms with Crippen LogP contribution in [0.2, 0.25) is 0 Å². The molecular weight excluding hydrogens is 224 g/mol. The van der Waals surface area contributed by atoms with Gasteiger partial charge in [0.2, 0.25) is 5.91 Å². The van der Waals surface area contributed by atoms with Crippen LogP contribution < -0.4 is 5.73 Å². The molecule has 1 amide bonds. The average Bonchev–Trinajstić information content (AvgIpc) is 2.34. The van der Waals surface area contributed by atoms with Gasteiger partial charge < -0.3 is 10.6 Å². The first-order chi connectivity index (χ1) is 8.51. The molecule has 0 aliphatic heterocycles. The van der Waals surface area contributed by atoms with Gasteiger partial charge in [-0.3, -0.25) is 4.79 Å². The van der Waals surface area contributed by atoms with E-state index >= 15 is 0 Å². The van der Waals surface area contributed by atoms with Gasteiger partial charge in [0.1, 0.15) is 0 Å². The monoisotopic (exact) mass is 254 g/mol. The van der Waals surface area contributed by atoms with Crippen LogP contribution in [0.25, 0.3) is 0 Å². The Labute approximate surface area is 112 Å². The zero-order valence-corrected chi connectivity index (χ0v) is 12.4. The van der Waals surface area contributed by atoms with Crippen LogP contribution in [0.15, 0.2) is 0 Å². The van der Waals surface area contributed by atoms with Crippen molar-refractivity contribution in [1.29, 1.82) is 0 Å². The molecule has 0 heterocycles. The predicted octanol–water partition coefficient (Wildman–Crippen LogP) is 3.08. The van der Waals surface area contributed by atoms with Crippen molar-refractivity contribution >= 4 is 5.91 Å². The molecule has 0 aromatic rings. The minimum absolute atomic E-state index is 0.188. The highest BCUT2D eigenvalue weighted by Gasteiger charge is 2.38. The minimum atomic E-state index is -0.575. The Kier molecular flexibility index (Phi) is 6.13. The molecule has 18 heavy (non-hydrogen) atoms. The summed E-state index contributed by atoms with van der Waals surface area (Å²) in [6, 6.07) is 0.261.